The second-order valence-electron chi connectivity index (χ2n) is 14.0. The van der Waals surface area contributed by atoms with Gasteiger partial charge in [-0.2, -0.15) is 0 Å². The molecule has 0 fully saturated rings. The summed E-state index contributed by atoms with van der Waals surface area (Å²) in [6.07, 6.45) is 6.46. The second kappa shape index (κ2) is 13.6. The molecule has 54 heavy (non-hydrogen) atoms. The van der Waals surface area contributed by atoms with E-state index in [1.54, 1.807) is 0 Å². The van der Waals surface area contributed by atoms with Crippen LogP contribution in [0.3, 0.4) is 0 Å². The maximum atomic E-state index is 6.71. The van der Waals surface area contributed by atoms with Crippen molar-refractivity contribution >= 4 is 49.7 Å². The molecule has 0 unspecified atom stereocenters. The fourth-order valence-corrected chi connectivity index (χ4v) is 8.14. The number of fused-ring (bicyclic) bond motifs is 4. The molecule has 0 radical (unpaired) electrons. The van der Waals surface area contributed by atoms with Gasteiger partial charge in [-0.05, 0) is 92.9 Å². The molecule has 0 bridgehead atoms. The fraction of sp³-hybridized carbons (Fsp3) is 0.0385. The molecule has 0 amide bonds. The first-order valence-electron chi connectivity index (χ1n) is 18.7. The van der Waals surface area contributed by atoms with E-state index in [1.165, 1.54) is 55.4 Å². The number of anilines is 2. The van der Waals surface area contributed by atoms with Crippen molar-refractivity contribution in [3.63, 3.8) is 0 Å². The summed E-state index contributed by atoms with van der Waals surface area (Å²) in [6.45, 7) is 0. The maximum Gasteiger partial charge on any atom is 0.159 e. The van der Waals surface area contributed by atoms with Crippen LogP contribution in [0.2, 0.25) is 0 Å². The first kappa shape index (κ1) is 31.8. The van der Waals surface area contributed by atoms with E-state index in [-0.39, 0.29) is 0 Å². The molecule has 2 nitrogen and oxygen atoms in total. The van der Waals surface area contributed by atoms with Crippen LogP contribution in [-0.2, 0) is 0 Å². The lowest BCUT2D eigenvalue weighted by Crippen LogP contribution is -2.19. The Bertz CT molecular complexity index is 2870. The van der Waals surface area contributed by atoms with Crippen molar-refractivity contribution in [1.82, 2.24) is 0 Å². The lowest BCUT2D eigenvalue weighted by Gasteiger charge is -2.32. The monoisotopic (exact) mass is 691 g/mol. The van der Waals surface area contributed by atoms with Crippen molar-refractivity contribution in [2.45, 2.75) is 12.8 Å². The zero-order valence-corrected chi connectivity index (χ0v) is 29.8. The van der Waals surface area contributed by atoms with E-state index in [0.717, 1.165) is 51.7 Å². The molecule has 1 aromatic heterocycles. The summed E-state index contributed by atoms with van der Waals surface area (Å²) in [5, 5.41) is 4.76. The zero-order chi connectivity index (χ0) is 35.8. The number of benzene rings is 8. The van der Waals surface area contributed by atoms with E-state index in [1.807, 2.05) is 6.07 Å². The highest BCUT2D eigenvalue weighted by molar-refractivity contribution is 6.10. The Balaban J connectivity index is 1.14. The van der Waals surface area contributed by atoms with Gasteiger partial charge in [0.2, 0.25) is 0 Å². The first-order chi connectivity index (χ1) is 26.8. The molecule has 1 heterocycles. The SMILES string of the molecule is C1=CC(c2ccc(-c3ccccc3)cc2)=C(N(c2cccc(-c3cccc(-c4cccc5ccccc45)c3)c2)c2cccc3c2oc2ccccc23)CC1. The summed E-state index contributed by atoms with van der Waals surface area (Å²) in [5.74, 6) is 0. The molecule has 0 atom stereocenters. The number of furan rings is 1. The number of hydrogen-bond acceptors (Lipinski definition) is 2. The third kappa shape index (κ3) is 5.70. The van der Waals surface area contributed by atoms with Crippen LogP contribution in [0.5, 0.6) is 0 Å². The second-order valence-corrected chi connectivity index (χ2v) is 14.0. The van der Waals surface area contributed by atoms with E-state index >= 15 is 0 Å². The maximum absolute atomic E-state index is 6.71. The highest BCUT2D eigenvalue weighted by atomic mass is 16.3. The molecule has 0 saturated heterocycles. The predicted molar refractivity (Wildman–Crippen MR) is 228 cm³/mol. The molecule has 10 rings (SSSR count). The van der Waals surface area contributed by atoms with Gasteiger partial charge in [-0.3, -0.25) is 0 Å². The minimum absolute atomic E-state index is 0.892. The van der Waals surface area contributed by atoms with Crippen molar-refractivity contribution in [2.24, 2.45) is 0 Å². The Labute approximate surface area is 315 Å². The van der Waals surface area contributed by atoms with Gasteiger partial charge in [0.05, 0.1) is 5.69 Å². The van der Waals surface area contributed by atoms with E-state index in [0.29, 0.717) is 0 Å². The van der Waals surface area contributed by atoms with Crippen molar-refractivity contribution in [3.8, 4) is 33.4 Å². The zero-order valence-electron chi connectivity index (χ0n) is 29.8. The molecule has 0 saturated carbocycles. The van der Waals surface area contributed by atoms with Gasteiger partial charge >= 0.3 is 0 Å². The topological polar surface area (TPSA) is 16.4 Å². The van der Waals surface area contributed by atoms with Crippen LogP contribution in [0.15, 0.2) is 210 Å². The van der Waals surface area contributed by atoms with Gasteiger partial charge in [0.15, 0.2) is 5.58 Å². The summed E-state index contributed by atoms with van der Waals surface area (Å²) in [7, 11) is 0. The smallest absolute Gasteiger partial charge is 0.159 e. The Morgan fingerprint density at radius 3 is 1.96 bits per heavy atom. The van der Waals surface area contributed by atoms with Gasteiger partial charge in [-0.15, -0.1) is 0 Å². The summed E-state index contributed by atoms with van der Waals surface area (Å²) < 4.78 is 6.71. The summed E-state index contributed by atoms with van der Waals surface area (Å²) >= 11 is 0. The first-order valence-corrected chi connectivity index (χ1v) is 18.7. The van der Waals surface area contributed by atoms with Crippen LogP contribution in [0.4, 0.5) is 11.4 Å². The van der Waals surface area contributed by atoms with Gasteiger partial charge in [-0.1, -0.05) is 170 Å². The average Bonchev–Trinajstić information content (AvgIpc) is 3.64. The van der Waals surface area contributed by atoms with Gasteiger partial charge in [0.25, 0.3) is 0 Å². The third-order valence-corrected chi connectivity index (χ3v) is 10.7. The number of para-hydroxylation sites is 2. The summed E-state index contributed by atoms with van der Waals surface area (Å²) in [5.41, 5.74) is 14.8. The summed E-state index contributed by atoms with van der Waals surface area (Å²) in [4.78, 5) is 2.45. The molecule has 1 aliphatic rings. The predicted octanol–water partition coefficient (Wildman–Crippen LogP) is 14.6. The normalized spacial score (nSPS) is 12.9. The number of hydrogen-bond donors (Lipinski definition) is 0. The Morgan fingerprint density at radius 1 is 0.444 bits per heavy atom. The van der Waals surface area contributed by atoms with Crippen LogP contribution >= 0.6 is 0 Å². The fourth-order valence-electron chi connectivity index (χ4n) is 8.14. The average molecular weight is 692 g/mol. The molecule has 1 aliphatic carbocycles. The standard InChI is InChI=1S/C52H37NO/c1-2-14-36(15-3-1)37-30-32-39(33-31-37)46-23-6-8-27-49(46)53(50-28-13-26-48-47-24-7-9-29-51(47)54-52(48)50)43-21-11-19-41(35-43)40-18-10-20-42(34-40)45-25-12-17-38-16-4-5-22-44(38)45/h1-7,9-26,28-35H,8,27H2. The minimum atomic E-state index is 0.892. The Kier molecular flexibility index (Phi) is 8.00. The Morgan fingerprint density at radius 2 is 1.07 bits per heavy atom. The van der Waals surface area contributed by atoms with Crippen LogP contribution in [-0.4, -0.2) is 0 Å². The number of allylic oxidation sites excluding steroid dienone is 4. The Hall–Kier alpha value is -6.90. The van der Waals surface area contributed by atoms with Crippen molar-refractivity contribution < 1.29 is 4.42 Å². The van der Waals surface area contributed by atoms with Crippen LogP contribution in [0.25, 0.3) is 71.7 Å². The molecule has 0 spiro atoms. The molecule has 0 aliphatic heterocycles. The van der Waals surface area contributed by atoms with Gasteiger partial charge in [-0.25, -0.2) is 0 Å². The van der Waals surface area contributed by atoms with Crippen molar-refractivity contribution in [3.05, 3.63) is 211 Å². The molecule has 2 heteroatoms. The summed E-state index contributed by atoms with van der Waals surface area (Å²) in [6, 6.07) is 67.6. The van der Waals surface area contributed by atoms with Gasteiger partial charge in [0.1, 0.15) is 5.58 Å². The van der Waals surface area contributed by atoms with E-state index < -0.39 is 0 Å². The number of nitrogens with zero attached hydrogens (tertiary/aromatic N) is 1. The quantitative estimate of drug-likeness (QED) is 0.165. The van der Waals surface area contributed by atoms with Gasteiger partial charge < -0.3 is 9.32 Å². The van der Waals surface area contributed by atoms with E-state index in [4.69, 9.17) is 4.42 Å². The largest absolute Gasteiger partial charge is 0.454 e. The van der Waals surface area contributed by atoms with Crippen molar-refractivity contribution in [1.29, 1.82) is 0 Å². The molecule has 0 N–H and O–H groups in total. The van der Waals surface area contributed by atoms with E-state index in [9.17, 15) is 0 Å². The molecular weight excluding hydrogens is 655 g/mol. The van der Waals surface area contributed by atoms with Crippen LogP contribution < -0.4 is 4.90 Å². The van der Waals surface area contributed by atoms with Crippen molar-refractivity contribution in [2.75, 3.05) is 4.90 Å². The molecule has 256 valence electrons. The lowest BCUT2D eigenvalue weighted by atomic mass is 9.93. The highest BCUT2D eigenvalue weighted by Crippen LogP contribution is 2.44. The molecule has 8 aromatic carbocycles. The van der Waals surface area contributed by atoms with Gasteiger partial charge in [0, 0.05) is 27.7 Å². The van der Waals surface area contributed by atoms with E-state index in [2.05, 4.69) is 199 Å². The lowest BCUT2D eigenvalue weighted by molar-refractivity contribution is 0.668. The highest BCUT2D eigenvalue weighted by Gasteiger charge is 2.25. The number of rotatable bonds is 7. The molecular formula is C52H37NO. The third-order valence-electron chi connectivity index (χ3n) is 10.7. The minimum Gasteiger partial charge on any atom is -0.454 e. The van der Waals surface area contributed by atoms with Crippen LogP contribution in [0.1, 0.15) is 18.4 Å². The molecule has 9 aromatic rings. The van der Waals surface area contributed by atoms with Crippen LogP contribution in [0, 0.1) is 0 Å².